The van der Waals surface area contributed by atoms with Crippen LogP contribution in [-0.4, -0.2) is 47.3 Å². The number of piperidine rings is 1. The number of benzene rings is 1. The second-order valence-corrected chi connectivity index (χ2v) is 6.75. The fourth-order valence-electron chi connectivity index (χ4n) is 3.91. The van der Waals surface area contributed by atoms with Crippen molar-refractivity contribution >= 4 is 11.8 Å². The predicted octanol–water partition coefficient (Wildman–Crippen LogP) is 3.32. The van der Waals surface area contributed by atoms with Crippen LogP contribution in [0.2, 0.25) is 0 Å². The summed E-state index contributed by atoms with van der Waals surface area (Å²) in [6.45, 7) is 0.512. The van der Waals surface area contributed by atoms with Crippen LogP contribution in [0, 0.1) is 0 Å². The molecule has 0 radical (unpaired) electrons. The molecule has 2 aliphatic rings. The summed E-state index contributed by atoms with van der Waals surface area (Å²) in [5.74, 6) is -0.315. The minimum Gasteiger partial charge on any atom is -0.341 e. The number of amides is 2. The number of likely N-dealkylation sites (N-methyl/N-ethyl adjacent to an activating group) is 1. The molecule has 2 aliphatic heterocycles. The summed E-state index contributed by atoms with van der Waals surface area (Å²) >= 11 is 0. The predicted molar refractivity (Wildman–Crippen MR) is 85.9 cm³/mol. The van der Waals surface area contributed by atoms with Crippen LogP contribution in [0.3, 0.4) is 0 Å². The SMILES string of the molecule is CN1C(=O)CCC[C@@H]2[C@H]1CCCN2C(=O)c1cccc(C(F)(F)F)c1. The molecule has 1 aromatic carbocycles. The average Bonchev–Trinajstić information content (AvgIpc) is 2.73. The highest BCUT2D eigenvalue weighted by Gasteiger charge is 2.40. The van der Waals surface area contributed by atoms with Crippen LogP contribution in [0.25, 0.3) is 0 Å². The topological polar surface area (TPSA) is 40.6 Å². The van der Waals surface area contributed by atoms with Gasteiger partial charge in [0.1, 0.15) is 0 Å². The highest BCUT2D eigenvalue weighted by atomic mass is 19.4. The Labute approximate surface area is 144 Å². The van der Waals surface area contributed by atoms with E-state index in [0.29, 0.717) is 25.8 Å². The third-order valence-electron chi connectivity index (χ3n) is 5.22. The molecule has 2 fully saturated rings. The van der Waals surface area contributed by atoms with Crippen molar-refractivity contribution < 1.29 is 22.8 Å². The summed E-state index contributed by atoms with van der Waals surface area (Å²) in [4.78, 5) is 28.3. The van der Waals surface area contributed by atoms with Crippen LogP contribution in [0.15, 0.2) is 24.3 Å². The lowest BCUT2D eigenvalue weighted by atomic mass is 9.92. The third kappa shape index (κ3) is 3.50. The van der Waals surface area contributed by atoms with Crippen LogP contribution in [-0.2, 0) is 11.0 Å². The second kappa shape index (κ2) is 6.69. The zero-order chi connectivity index (χ0) is 18.2. The summed E-state index contributed by atoms with van der Waals surface area (Å²) in [6, 6.07) is 4.38. The standard InChI is InChI=1S/C18H21F3N2O2/c1-22-14-8-4-10-23(15(14)7-3-9-16(22)24)17(25)12-5-2-6-13(11-12)18(19,20)21/h2,5-6,11,14-15H,3-4,7-10H2,1H3/t14-,15-/m1/s1. The maximum atomic E-state index is 12.9. The molecule has 2 saturated heterocycles. The van der Waals surface area contributed by atoms with Crippen molar-refractivity contribution in [1.29, 1.82) is 0 Å². The van der Waals surface area contributed by atoms with Crippen LogP contribution in [0.4, 0.5) is 13.2 Å². The molecule has 2 heterocycles. The van der Waals surface area contributed by atoms with Gasteiger partial charge in [0.25, 0.3) is 5.91 Å². The van der Waals surface area contributed by atoms with Crippen molar-refractivity contribution in [3.8, 4) is 0 Å². The maximum absolute atomic E-state index is 12.9. The summed E-state index contributed by atoms with van der Waals surface area (Å²) in [7, 11) is 1.75. The van der Waals surface area contributed by atoms with E-state index in [1.807, 2.05) is 0 Å². The van der Waals surface area contributed by atoms with Gasteiger partial charge in [0.05, 0.1) is 17.6 Å². The Morgan fingerprint density at radius 2 is 1.88 bits per heavy atom. The number of alkyl halides is 3. The summed E-state index contributed by atoms with van der Waals surface area (Å²) < 4.78 is 38.8. The van der Waals surface area contributed by atoms with Gasteiger partial charge in [-0.25, -0.2) is 0 Å². The van der Waals surface area contributed by atoms with Gasteiger partial charge in [-0.15, -0.1) is 0 Å². The molecule has 0 bridgehead atoms. The first-order valence-electron chi connectivity index (χ1n) is 8.53. The molecule has 0 unspecified atom stereocenters. The van der Waals surface area contributed by atoms with E-state index in [1.54, 1.807) is 16.8 Å². The number of nitrogens with zero attached hydrogens (tertiary/aromatic N) is 2. The van der Waals surface area contributed by atoms with E-state index in [9.17, 15) is 22.8 Å². The van der Waals surface area contributed by atoms with Crippen molar-refractivity contribution in [3.63, 3.8) is 0 Å². The highest BCUT2D eigenvalue weighted by molar-refractivity contribution is 5.95. The molecular weight excluding hydrogens is 333 g/mol. The Kier molecular flexibility index (Phi) is 4.75. The minimum atomic E-state index is -4.48. The Morgan fingerprint density at radius 1 is 1.16 bits per heavy atom. The first-order valence-corrected chi connectivity index (χ1v) is 8.53. The number of carbonyl (C=O) groups excluding carboxylic acids is 2. The van der Waals surface area contributed by atoms with Gasteiger partial charge in [0.2, 0.25) is 5.91 Å². The Balaban J connectivity index is 1.87. The third-order valence-corrected chi connectivity index (χ3v) is 5.22. The van der Waals surface area contributed by atoms with Crippen LogP contribution in [0.5, 0.6) is 0 Å². The van der Waals surface area contributed by atoms with E-state index in [-0.39, 0.29) is 29.5 Å². The van der Waals surface area contributed by atoms with Gasteiger partial charge in [0.15, 0.2) is 0 Å². The number of rotatable bonds is 1. The van der Waals surface area contributed by atoms with Crippen molar-refractivity contribution in [2.24, 2.45) is 0 Å². The van der Waals surface area contributed by atoms with Crippen LogP contribution < -0.4 is 0 Å². The first-order chi connectivity index (χ1) is 11.8. The molecule has 0 spiro atoms. The first kappa shape index (κ1) is 17.8. The quantitative estimate of drug-likeness (QED) is 0.776. The summed E-state index contributed by atoms with van der Waals surface area (Å²) in [5, 5.41) is 0. The van der Waals surface area contributed by atoms with Gasteiger partial charge in [-0.05, 0) is 43.9 Å². The van der Waals surface area contributed by atoms with E-state index in [2.05, 4.69) is 0 Å². The molecule has 0 aromatic heterocycles. The average molecular weight is 354 g/mol. The van der Waals surface area contributed by atoms with Crippen molar-refractivity contribution in [3.05, 3.63) is 35.4 Å². The number of hydrogen-bond donors (Lipinski definition) is 0. The molecule has 0 saturated carbocycles. The fraction of sp³-hybridized carbons (Fsp3) is 0.556. The number of halogens is 3. The molecule has 7 heteroatoms. The zero-order valence-electron chi connectivity index (χ0n) is 14.1. The molecule has 1 aromatic rings. The molecular formula is C18H21F3N2O2. The monoisotopic (exact) mass is 354 g/mol. The molecule has 3 rings (SSSR count). The molecule has 2 amide bonds. The molecule has 0 N–H and O–H groups in total. The Bertz CT molecular complexity index is 675. The van der Waals surface area contributed by atoms with Crippen molar-refractivity contribution in [2.75, 3.05) is 13.6 Å². The van der Waals surface area contributed by atoms with Crippen LogP contribution in [0.1, 0.15) is 48.0 Å². The number of likely N-dealkylation sites (tertiary alicyclic amines) is 2. The van der Waals surface area contributed by atoms with Gasteiger partial charge in [-0.2, -0.15) is 13.2 Å². The van der Waals surface area contributed by atoms with Crippen LogP contribution >= 0.6 is 0 Å². The number of fused-ring (bicyclic) bond motifs is 1. The molecule has 0 aliphatic carbocycles. The van der Waals surface area contributed by atoms with E-state index in [0.717, 1.165) is 25.0 Å². The zero-order valence-corrected chi connectivity index (χ0v) is 14.1. The van der Waals surface area contributed by atoms with E-state index in [4.69, 9.17) is 0 Å². The lowest BCUT2D eigenvalue weighted by Gasteiger charge is -2.43. The van der Waals surface area contributed by atoms with Gasteiger partial charge >= 0.3 is 6.18 Å². The smallest absolute Gasteiger partial charge is 0.341 e. The highest BCUT2D eigenvalue weighted by Crippen LogP contribution is 2.32. The van der Waals surface area contributed by atoms with E-state index in [1.165, 1.54) is 12.1 Å². The van der Waals surface area contributed by atoms with Crippen molar-refractivity contribution in [1.82, 2.24) is 9.80 Å². The Hall–Kier alpha value is -2.05. The van der Waals surface area contributed by atoms with Gasteiger partial charge < -0.3 is 9.80 Å². The van der Waals surface area contributed by atoms with E-state index >= 15 is 0 Å². The lowest BCUT2D eigenvalue weighted by molar-refractivity contribution is -0.137. The van der Waals surface area contributed by atoms with Gasteiger partial charge in [-0.3, -0.25) is 9.59 Å². The van der Waals surface area contributed by atoms with E-state index < -0.39 is 11.7 Å². The summed E-state index contributed by atoms with van der Waals surface area (Å²) in [5.41, 5.74) is -0.770. The Morgan fingerprint density at radius 3 is 2.60 bits per heavy atom. The number of hydrogen-bond acceptors (Lipinski definition) is 2. The fourth-order valence-corrected chi connectivity index (χ4v) is 3.91. The second-order valence-electron chi connectivity index (χ2n) is 6.75. The lowest BCUT2D eigenvalue weighted by Crippen LogP contribution is -2.56. The molecule has 136 valence electrons. The molecule has 2 atom stereocenters. The van der Waals surface area contributed by atoms with Gasteiger partial charge in [-0.1, -0.05) is 6.07 Å². The van der Waals surface area contributed by atoms with Gasteiger partial charge in [0, 0.05) is 25.6 Å². The largest absolute Gasteiger partial charge is 0.416 e. The maximum Gasteiger partial charge on any atom is 0.416 e. The normalized spacial score (nSPS) is 24.7. The molecule has 25 heavy (non-hydrogen) atoms. The minimum absolute atomic E-state index is 0.0497. The molecule has 4 nitrogen and oxygen atoms in total. The number of carbonyl (C=O) groups is 2. The van der Waals surface area contributed by atoms with Crippen molar-refractivity contribution in [2.45, 2.75) is 50.4 Å². The summed E-state index contributed by atoms with van der Waals surface area (Å²) in [6.07, 6.45) is -1.07.